The molecule has 0 bridgehead atoms. The molecule has 0 saturated carbocycles. The van der Waals surface area contributed by atoms with Crippen LogP contribution in [0, 0.1) is 0 Å². The number of aryl methyl sites for hydroxylation is 1. The summed E-state index contributed by atoms with van der Waals surface area (Å²) in [6.45, 7) is 11.6. The lowest BCUT2D eigenvalue weighted by Gasteiger charge is -2.16. The fourth-order valence-electron chi connectivity index (χ4n) is 3.98. The van der Waals surface area contributed by atoms with Crippen molar-refractivity contribution in [1.29, 1.82) is 0 Å². The van der Waals surface area contributed by atoms with Gasteiger partial charge in [-0.2, -0.15) is 0 Å². The molecular weight excluding hydrogens is 228 g/mol. The number of hydrogen-bond donors (Lipinski definition) is 0. The predicted octanol–water partition coefficient (Wildman–Crippen LogP) is 5.89. The molecule has 0 aliphatic heterocycles. The molecule has 0 N–H and O–H groups in total. The molecule has 1 unspecified atom stereocenters. The summed E-state index contributed by atoms with van der Waals surface area (Å²) in [6.07, 6.45) is 5.97. The van der Waals surface area contributed by atoms with Crippen molar-refractivity contribution >= 4 is 5.57 Å². The molecule has 1 aliphatic rings. The molecule has 2 rings (SSSR count). The van der Waals surface area contributed by atoms with Crippen LogP contribution in [0.2, 0.25) is 0 Å². The fourth-order valence-corrected chi connectivity index (χ4v) is 3.98. The standard InChI is InChI=1S/C19H28/c1-6-13-11-12-18-16(9-4)15(8-3)17(10-5)19(18)14(13)7-2/h11-12,16H,6-10H2,1-5H3. The minimum absolute atomic E-state index is 0.686. The van der Waals surface area contributed by atoms with Crippen molar-refractivity contribution in [3.63, 3.8) is 0 Å². The molecule has 0 nitrogen and oxygen atoms in total. The summed E-state index contributed by atoms with van der Waals surface area (Å²) < 4.78 is 0. The number of benzene rings is 1. The number of allylic oxidation sites excluding steroid dienone is 2. The zero-order valence-electron chi connectivity index (χ0n) is 13.3. The maximum Gasteiger partial charge on any atom is 0.00576 e. The van der Waals surface area contributed by atoms with Crippen LogP contribution < -0.4 is 0 Å². The average Bonchev–Trinajstić information content (AvgIpc) is 2.78. The Morgan fingerprint density at radius 2 is 1.58 bits per heavy atom. The number of rotatable bonds is 5. The van der Waals surface area contributed by atoms with Crippen LogP contribution in [-0.2, 0) is 12.8 Å². The van der Waals surface area contributed by atoms with Gasteiger partial charge in [0.25, 0.3) is 0 Å². The van der Waals surface area contributed by atoms with E-state index in [1.807, 2.05) is 0 Å². The van der Waals surface area contributed by atoms with Crippen molar-refractivity contribution < 1.29 is 0 Å². The second-order valence-electron chi connectivity index (χ2n) is 5.55. The summed E-state index contributed by atoms with van der Waals surface area (Å²) in [6, 6.07) is 4.80. The quantitative estimate of drug-likeness (QED) is 0.616. The van der Waals surface area contributed by atoms with E-state index in [9.17, 15) is 0 Å². The largest absolute Gasteiger partial charge is 0.0645 e. The first kappa shape index (κ1) is 14.4. The third-order valence-corrected chi connectivity index (χ3v) is 4.80. The van der Waals surface area contributed by atoms with Crippen LogP contribution in [0.3, 0.4) is 0 Å². The highest BCUT2D eigenvalue weighted by Gasteiger charge is 2.30. The SMILES string of the molecule is CCC1=C(CC)C(CC)c2ccc(CC)c(CC)c21. The van der Waals surface area contributed by atoms with Gasteiger partial charge in [0.15, 0.2) is 0 Å². The Kier molecular flexibility index (Phi) is 4.50. The Morgan fingerprint density at radius 3 is 2.05 bits per heavy atom. The second kappa shape index (κ2) is 5.94. The van der Waals surface area contributed by atoms with Crippen molar-refractivity contribution in [3.05, 3.63) is 40.0 Å². The van der Waals surface area contributed by atoms with Gasteiger partial charge in [-0.15, -0.1) is 0 Å². The topological polar surface area (TPSA) is 0 Å². The summed E-state index contributed by atoms with van der Waals surface area (Å²) in [4.78, 5) is 0. The molecule has 0 radical (unpaired) electrons. The first-order valence-corrected chi connectivity index (χ1v) is 8.10. The summed E-state index contributed by atoms with van der Waals surface area (Å²) >= 11 is 0. The van der Waals surface area contributed by atoms with E-state index < -0.39 is 0 Å². The van der Waals surface area contributed by atoms with E-state index in [4.69, 9.17) is 0 Å². The van der Waals surface area contributed by atoms with Gasteiger partial charge in [0.05, 0.1) is 0 Å². The van der Waals surface area contributed by atoms with E-state index in [0.29, 0.717) is 5.92 Å². The first-order valence-electron chi connectivity index (χ1n) is 8.10. The van der Waals surface area contributed by atoms with E-state index in [1.54, 1.807) is 33.4 Å². The first-order chi connectivity index (χ1) is 9.23. The lowest BCUT2D eigenvalue weighted by Crippen LogP contribution is -2.01. The fraction of sp³-hybridized carbons (Fsp3) is 0.579. The van der Waals surface area contributed by atoms with Gasteiger partial charge < -0.3 is 0 Å². The molecule has 0 heteroatoms. The lowest BCUT2D eigenvalue weighted by atomic mass is 9.88. The van der Waals surface area contributed by atoms with Crippen molar-refractivity contribution in [1.82, 2.24) is 0 Å². The van der Waals surface area contributed by atoms with Gasteiger partial charge in [-0.25, -0.2) is 0 Å². The molecule has 0 heterocycles. The maximum absolute atomic E-state index is 2.42. The van der Waals surface area contributed by atoms with Crippen LogP contribution in [0.5, 0.6) is 0 Å². The summed E-state index contributed by atoms with van der Waals surface area (Å²) in [7, 11) is 0. The molecule has 1 aromatic rings. The maximum atomic E-state index is 2.42. The molecular formula is C19H28. The van der Waals surface area contributed by atoms with Gasteiger partial charge in [-0.3, -0.25) is 0 Å². The van der Waals surface area contributed by atoms with Crippen LogP contribution >= 0.6 is 0 Å². The average molecular weight is 256 g/mol. The third kappa shape index (κ3) is 2.16. The zero-order chi connectivity index (χ0) is 14.0. The van der Waals surface area contributed by atoms with Gasteiger partial charge >= 0.3 is 0 Å². The molecule has 0 aromatic heterocycles. The van der Waals surface area contributed by atoms with Crippen LogP contribution in [0.4, 0.5) is 0 Å². The van der Waals surface area contributed by atoms with Gasteiger partial charge in [0.1, 0.15) is 0 Å². The molecule has 0 amide bonds. The van der Waals surface area contributed by atoms with Crippen LogP contribution in [0.15, 0.2) is 17.7 Å². The van der Waals surface area contributed by atoms with E-state index in [0.717, 1.165) is 6.42 Å². The molecule has 104 valence electrons. The van der Waals surface area contributed by atoms with E-state index in [2.05, 4.69) is 46.8 Å². The van der Waals surface area contributed by atoms with Gasteiger partial charge in [-0.05, 0) is 59.9 Å². The Balaban J connectivity index is 2.71. The second-order valence-corrected chi connectivity index (χ2v) is 5.55. The van der Waals surface area contributed by atoms with E-state index in [-0.39, 0.29) is 0 Å². The van der Waals surface area contributed by atoms with Gasteiger partial charge in [0.2, 0.25) is 0 Å². The Bertz CT molecular complexity index is 491. The Labute approximate surface area is 118 Å². The highest BCUT2D eigenvalue weighted by molar-refractivity contribution is 5.81. The van der Waals surface area contributed by atoms with Crippen LogP contribution in [0.1, 0.15) is 82.1 Å². The molecule has 0 spiro atoms. The summed E-state index contributed by atoms with van der Waals surface area (Å²) in [5, 5.41) is 0. The lowest BCUT2D eigenvalue weighted by molar-refractivity contribution is 0.745. The minimum atomic E-state index is 0.686. The van der Waals surface area contributed by atoms with E-state index in [1.165, 1.54) is 25.7 Å². The normalized spacial score (nSPS) is 18.1. The van der Waals surface area contributed by atoms with Gasteiger partial charge in [-0.1, -0.05) is 52.3 Å². The highest BCUT2D eigenvalue weighted by atomic mass is 14.3. The zero-order valence-corrected chi connectivity index (χ0v) is 13.3. The molecule has 19 heavy (non-hydrogen) atoms. The monoisotopic (exact) mass is 256 g/mol. The molecule has 1 aliphatic carbocycles. The molecule has 0 saturated heterocycles. The van der Waals surface area contributed by atoms with Crippen molar-refractivity contribution in [2.45, 2.75) is 72.6 Å². The highest BCUT2D eigenvalue weighted by Crippen LogP contribution is 2.48. The Morgan fingerprint density at radius 1 is 0.842 bits per heavy atom. The van der Waals surface area contributed by atoms with Gasteiger partial charge in [0, 0.05) is 5.92 Å². The predicted molar refractivity (Wildman–Crippen MR) is 85.7 cm³/mol. The van der Waals surface area contributed by atoms with E-state index >= 15 is 0 Å². The summed E-state index contributed by atoms with van der Waals surface area (Å²) in [5.74, 6) is 0.686. The number of fused-ring (bicyclic) bond motifs is 1. The smallest absolute Gasteiger partial charge is 0.00576 e. The minimum Gasteiger partial charge on any atom is -0.0645 e. The molecule has 1 aromatic carbocycles. The van der Waals surface area contributed by atoms with Crippen molar-refractivity contribution in [2.24, 2.45) is 0 Å². The number of hydrogen-bond acceptors (Lipinski definition) is 0. The van der Waals surface area contributed by atoms with Crippen molar-refractivity contribution in [3.8, 4) is 0 Å². The third-order valence-electron chi connectivity index (χ3n) is 4.80. The van der Waals surface area contributed by atoms with Crippen LogP contribution in [-0.4, -0.2) is 0 Å². The molecule has 1 atom stereocenters. The molecule has 0 fully saturated rings. The van der Waals surface area contributed by atoms with Crippen molar-refractivity contribution in [2.75, 3.05) is 0 Å². The summed E-state index contributed by atoms with van der Waals surface area (Å²) in [5.41, 5.74) is 9.80. The van der Waals surface area contributed by atoms with Crippen LogP contribution in [0.25, 0.3) is 5.57 Å². The Hall–Kier alpha value is -1.04.